The van der Waals surface area contributed by atoms with Crippen LogP contribution in [0.1, 0.15) is 37.7 Å². The number of carbonyl (C=O) groups excluding carboxylic acids is 1. The summed E-state index contributed by atoms with van der Waals surface area (Å²) in [6.45, 7) is 1.51. The number of Topliss-reactive ketones (excluding diaryl/α,β-unsaturated/α-hetero) is 1. The highest BCUT2D eigenvalue weighted by atomic mass is 16.5. The Bertz CT molecular complexity index is 702. The summed E-state index contributed by atoms with van der Waals surface area (Å²) in [5.41, 5.74) is 1.38. The minimum Gasteiger partial charge on any atom is -0.493 e. The Morgan fingerprint density at radius 2 is 1.54 bits per heavy atom. The van der Waals surface area contributed by atoms with Gasteiger partial charge in [-0.05, 0) is 43.4 Å². The predicted molar refractivity (Wildman–Crippen MR) is 103 cm³/mol. The number of nitrogens with zero attached hydrogens (tertiary/aromatic N) is 1. The van der Waals surface area contributed by atoms with Crippen LogP contribution in [-0.4, -0.2) is 29.4 Å². The lowest BCUT2D eigenvalue weighted by Gasteiger charge is -2.38. The van der Waals surface area contributed by atoms with Crippen LogP contribution in [-0.2, 0) is 11.3 Å². The molecule has 0 spiro atoms. The first kappa shape index (κ1) is 17.3. The Balaban J connectivity index is 1.28. The molecule has 2 atom stereocenters. The minimum atomic E-state index is 0.221. The van der Waals surface area contributed by atoms with Crippen LogP contribution < -0.4 is 4.74 Å². The van der Waals surface area contributed by atoms with E-state index in [1.807, 2.05) is 30.3 Å². The number of fused-ring (bicyclic) bond motifs is 2. The van der Waals surface area contributed by atoms with Gasteiger partial charge in [-0.3, -0.25) is 9.69 Å². The van der Waals surface area contributed by atoms with Crippen molar-refractivity contribution in [3.63, 3.8) is 0 Å². The number of ketones is 1. The first-order chi connectivity index (χ1) is 12.8. The number of para-hydroxylation sites is 1. The standard InChI is InChI=1S/C23H27NO2/c25-23(13-14-26-22-9-5-2-6-10-22)19-15-20-11-12-21(16-19)24(20)17-18-7-3-1-4-8-18/h1-10,19-21H,11-17H2. The van der Waals surface area contributed by atoms with Crippen LogP contribution in [0.25, 0.3) is 0 Å². The van der Waals surface area contributed by atoms with Gasteiger partial charge in [0.25, 0.3) is 0 Å². The van der Waals surface area contributed by atoms with Gasteiger partial charge in [-0.25, -0.2) is 0 Å². The number of carbonyl (C=O) groups is 1. The Hall–Kier alpha value is -2.13. The zero-order chi connectivity index (χ0) is 17.8. The van der Waals surface area contributed by atoms with E-state index in [1.54, 1.807) is 0 Å². The summed E-state index contributed by atoms with van der Waals surface area (Å²) >= 11 is 0. The maximum absolute atomic E-state index is 12.7. The molecule has 2 saturated heterocycles. The second-order valence-corrected chi connectivity index (χ2v) is 7.59. The molecule has 2 unspecified atom stereocenters. The average molecular weight is 349 g/mol. The van der Waals surface area contributed by atoms with E-state index < -0.39 is 0 Å². The monoisotopic (exact) mass is 349 g/mol. The minimum absolute atomic E-state index is 0.221. The highest BCUT2D eigenvalue weighted by Gasteiger charge is 2.42. The average Bonchev–Trinajstić information content (AvgIpc) is 2.91. The molecule has 2 aliphatic heterocycles. The smallest absolute Gasteiger partial charge is 0.139 e. The molecule has 26 heavy (non-hydrogen) atoms. The molecule has 0 aromatic heterocycles. The Morgan fingerprint density at radius 3 is 2.19 bits per heavy atom. The van der Waals surface area contributed by atoms with Crippen LogP contribution >= 0.6 is 0 Å². The predicted octanol–water partition coefficient (Wildman–Crippen LogP) is 4.47. The van der Waals surface area contributed by atoms with Crippen molar-refractivity contribution in [1.82, 2.24) is 4.90 Å². The van der Waals surface area contributed by atoms with E-state index in [9.17, 15) is 4.79 Å². The van der Waals surface area contributed by atoms with Gasteiger partial charge in [0.15, 0.2) is 0 Å². The van der Waals surface area contributed by atoms with Crippen molar-refractivity contribution in [2.75, 3.05) is 6.61 Å². The number of hydrogen-bond donors (Lipinski definition) is 0. The molecule has 2 aromatic carbocycles. The van der Waals surface area contributed by atoms with Crippen LogP contribution in [0.2, 0.25) is 0 Å². The van der Waals surface area contributed by atoms with E-state index in [-0.39, 0.29) is 5.92 Å². The van der Waals surface area contributed by atoms with Crippen molar-refractivity contribution in [2.45, 2.75) is 50.7 Å². The Labute approximate surface area is 156 Å². The molecule has 0 radical (unpaired) electrons. The normalized spacial score (nSPS) is 25.2. The molecule has 0 amide bonds. The maximum atomic E-state index is 12.7. The molecular formula is C23H27NO2. The third-order valence-corrected chi connectivity index (χ3v) is 5.91. The number of piperidine rings is 1. The summed E-state index contributed by atoms with van der Waals surface area (Å²) in [4.78, 5) is 15.3. The quantitative estimate of drug-likeness (QED) is 0.739. The van der Waals surface area contributed by atoms with E-state index in [0.29, 0.717) is 30.9 Å². The summed E-state index contributed by atoms with van der Waals surface area (Å²) in [5, 5.41) is 0. The van der Waals surface area contributed by atoms with Crippen molar-refractivity contribution < 1.29 is 9.53 Å². The summed E-state index contributed by atoms with van der Waals surface area (Å²) in [6, 6.07) is 21.6. The lowest BCUT2D eigenvalue weighted by molar-refractivity contribution is -0.125. The van der Waals surface area contributed by atoms with Gasteiger partial charge < -0.3 is 4.74 Å². The van der Waals surface area contributed by atoms with Crippen molar-refractivity contribution in [2.24, 2.45) is 5.92 Å². The van der Waals surface area contributed by atoms with Crippen molar-refractivity contribution in [3.05, 3.63) is 66.2 Å². The number of ether oxygens (including phenoxy) is 1. The Morgan fingerprint density at radius 1 is 0.923 bits per heavy atom. The largest absolute Gasteiger partial charge is 0.493 e. The second kappa shape index (κ2) is 8.05. The highest BCUT2D eigenvalue weighted by Crippen LogP contribution is 2.40. The van der Waals surface area contributed by atoms with E-state index >= 15 is 0 Å². The first-order valence-corrected chi connectivity index (χ1v) is 9.80. The van der Waals surface area contributed by atoms with E-state index in [0.717, 1.165) is 25.1 Å². The topological polar surface area (TPSA) is 29.5 Å². The molecule has 0 saturated carbocycles. The van der Waals surface area contributed by atoms with Gasteiger partial charge in [-0.15, -0.1) is 0 Å². The first-order valence-electron chi connectivity index (χ1n) is 9.80. The summed E-state index contributed by atoms with van der Waals surface area (Å²) in [5.74, 6) is 1.45. The molecular weight excluding hydrogens is 322 g/mol. The van der Waals surface area contributed by atoms with Crippen molar-refractivity contribution in [3.8, 4) is 5.75 Å². The molecule has 2 fully saturated rings. The van der Waals surface area contributed by atoms with Gasteiger partial charge in [0, 0.05) is 31.0 Å². The van der Waals surface area contributed by atoms with Crippen LogP contribution in [0.5, 0.6) is 5.75 Å². The lowest BCUT2D eigenvalue weighted by atomic mass is 9.86. The van der Waals surface area contributed by atoms with Gasteiger partial charge in [0.2, 0.25) is 0 Å². The number of hydrogen-bond acceptors (Lipinski definition) is 3. The fraction of sp³-hybridized carbons (Fsp3) is 0.435. The van der Waals surface area contributed by atoms with Crippen molar-refractivity contribution in [1.29, 1.82) is 0 Å². The van der Waals surface area contributed by atoms with E-state index in [2.05, 4.69) is 35.2 Å². The third-order valence-electron chi connectivity index (χ3n) is 5.91. The zero-order valence-electron chi connectivity index (χ0n) is 15.2. The molecule has 0 aliphatic carbocycles. The van der Waals surface area contributed by atoms with Crippen molar-refractivity contribution >= 4 is 5.78 Å². The zero-order valence-corrected chi connectivity index (χ0v) is 15.2. The van der Waals surface area contributed by atoms with Gasteiger partial charge in [-0.2, -0.15) is 0 Å². The van der Waals surface area contributed by atoms with Crippen LogP contribution in [0.3, 0.4) is 0 Å². The number of rotatable bonds is 7. The molecule has 2 aliphatic rings. The van der Waals surface area contributed by atoms with Gasteiger partial charge in [0.1, 0.15) is 11.5 Å². The molecule has 3 nitrogen and oxygen atoms in total. The van der Waals surface area contributed by atoms with Gasteiger partial charge in [-0.1, -0.05) is 48.5 Å². The Kier molecular flexibility index (Phi) is 5.35. The molecule has 2 bridgehead atoms. The fourth-order valence-electron chi connectivity index (χ4n) is 4.58. The third kappa shape index (κ3) is 3.99. The molecule has 2 heterocycles. The van der Waals surface area contributed by atoms with Crippen LogP contribution in [0.15, 0.2) is 60.7 Å². The molecule has 3 heteroatoms. The SMILES string of the molecule is O=C(CCOc1ccccc1)C1CC2CCC(C1)N2Cc1ccccc1. The summed E-state index contributed by atoms with van der Waals surface area (Å²) in [7, 11) is 0. The fourth-order valence-corrected chi connectivity index (χ4v) is 4.58. The summed E-state index contributed by atoms with van der Waals surface area (Å²) in [6.07, 6.45) is 5.04. The molecule has 0 N–H and O–H groups in total. The van der Waals surface area contributed by atoms with E-state index in [1.165, 1.54) is 18.4 Å². The molecule has 2 aromatic rings. The lowest BCUT2D eigenvalue weighted by Crippen LogP contribution is -2.44. The van der Waals surface area contributed by atoms with E-state index in [4.69, 9.17) is 4.74 Å². The molecule has 4 rings (SSSR count). The second-order valence-electron chi connectivity index (χ2n) is 7.59. The van der Waals surface area contributed by atoms with Crippen LogP contribution in [0.4, 0.5) is 0 Å². The van der Waals surface area contributed by atoms with Crippen LogP contribution in [0, 0.1) is 5.92 Å². The van der Waals surface area contributed by atoms with Gasteiger partial charge in [0.05, 0.1) is 6.61 Å². The van der Waals surface area contributed by atoms with Gasteiger partial charge >= 0.3 is 0 Å². The maximum Gasteiger partial charge on any atom is 0.139 e. The number of benzene rings is 2. The summed E-state index contributed by atoms with van der Waals surface area (Å²) < 4.78 is 5.71. The highest BCUT2D eigenvalue weighted by molar-refractivity contribution is 5.81. The molecule has 136 valence electrons.